The van der Waals surface area contributed by atoms with Gasteiger partial charge in [0.25, 0.3) is 5.91 Å². The highest BCUT2D eigenvalue weighted by molar-refractivity contribution is 9.10. The van der Waals surface area contributed by atoms with Crippen molar-refractivity contribution in [2.24, 2.45) is 5.10 Å². The Labute approximate surface area is 181 Å². The molecule has 0 aliphatic heterocycles. The largest absolute Gasteiger partial charge is 0.272 e. The van der Waals surface area contributed by atoms with Gasteiger partial charge in [-0.3, -0.25) is 4.79 Å². The van der Waals surface area contributed by atoms with Crippen LogP contribution in [0, 0.1) is 6.92 Å². The van der Waals surface area contributed by atoms with E-state index in [4.69, 9.17) is 0 Å². The van der Waals surface area contributed by atoms with E-state index < -0.39 is 0 Å². The van der Waals surface area contributed by atoms with Crippen molar-refractivity contribution in [2.45, 2.75) is 13.3 Å². The molecule has 0 aliphatic rings. The van der Waals surface area contributed by atoms with Crippen LogP contribution in [0.3, 0.4) is 0 Å². The van der Waals surface area contributed by atoms with E-state index >= 15 is 0 Å². The SMILES string of the molecule is Cc1ccc(/C=N/N(C(=O)Cc2ccccc2)c2nc3ccc(Br)cc3s2)cc1. The number of hydrogen-bond acceptors (Lipinski definition) is 4. The quantitative estimate of drug-likeness (QED) is 0.270. The summed E-state index contributed by atoms with van der Waals surface area (Å²) in [6, 6.07) is 23.6. The number of fused-ring (bicyclic) bond motifs is 1. The number of amides is 1. The Morgan fingerprint density at radius 1 is 1.10 bits per heavy atom. The van der Waals surface area contributed by atoms with Crippen LogP contribution in [0.5, 0.6) is 0 Å². The van der Waals surface area contributed by atoms with Gasteiger partial charge in [0.1, 0.15) is 0 Å². The van der Waals surface area contributed by atoms with Gasteiger partial charge in [0.05, 0.1) is 22.9 Å². The van der Waals surface area contributed by atoms with Crippen molar-refractivity contribution in [2.75, 3.05) is 5.01 Å². The summed E-state index contributed by atoms with van der Waals surface area (Å²) >= 11 is 4.93. The van der Waals surface area contributed by atoms with E-state index in [0.29, 0.717) is 5.13 Å². The first-order valence-corrected chi connectivity index (χ1v) is 10.7. The lowest BCUT2D eigenvalue weighted by Gasteiger charge is -2.14. The summed E-state index contributed by atoms with van der Waals surface area (Å²) in [5, 5.41) is 6.47. The Morgan fingerprint density at radius 2 is 1.86 bits per heavy atom. The molecule has 4 aromatic rings. The minimum absolute atomic E-state index is 0.127. The number of aromatic nitrogens is 1. The molecule has 0 bridgehead atoms. The monoisotopic (exact) mass is 463 g/mol. The van der Waals surface area contributed by atoms with Gasteiger partial charge in [-0.2, -0.15) is 10.1 Å². The van der Waals surface area contributed by atoms with Crippen LogP contribution < -0.4 is 5.01 Å². The number of carbonyl (C=O) groups excluding carboxylic acids is 1. The molecular weight excluding hydrogens is 446 g/mol. The zero-order valence-corrected chi connectivity index (χ0v) is 18.2. The summed E-state index contributed by atoms with van der Waals surface area (Å²) in [6.45, 7) is 2.04. The lowest BCUT2D eigenvalue weighted by atomic mass is 10.1. The van der Waals surface area contributed by atoms with E-state index in [-0.39, 0.29) is 12.3 Å². The van der Waals surface area contributed by atoms with Gasteiger partial charge in [0.15, 0.2) is 0 Å². The van der Waals surface area contributed by atoms with Crippen molar-refractivity contribution in [1.82, 2.24) is 4.98 Å². The van der Waals surface area contributed by atoms with Gasteiger partial charge in [0, 0.05) is 4.47 Å². The van der Waals surface area contributed by atoms with Gasteiger partial charge < -0.3 is 0 Å². The zero-order chi connectivity index (χ0) is 20.2. The third kappa shape index (κ3) is 4.78. The van der Waals surface area contributed by atoms with Crippen molar-refractivity contribution in [1.29, 1.82) is 0 Å². The number of anilines is 1. The number of thiazole rings is 1. The van der Waals surface area contributed by atoms with Gasteiger partial charge in [0.2, 0.25) is 5.13 Å². The minimum atomic E-state index is -0.127. The number of rotatable bonds is 5. The van der Waals surface area contributed by atoms with Crippen LogP contribution >= 0.6 is 27.3 Å². The zero-order valence-electron chi connectivity index (χ0n) is 15.7. The van der Waals surface area contributed by atoms with Crippen molar-refractivity contribution in [3.63, 3.8) is 0 Å². The summed E-state index contributed by atoms with van der Waals surface area (Å²) in [5.41, 5.74) is 3.89. The molecule has 0 saturated carbocycles. The predicted molar refractivity (Wildman–Crippen MR) is 124 cm³/mol. The number of carbonyl (C=O) groups is 1. The number of nitrogens with zero attached hydrogens (tertiary/aromatic N) is 3. The fourth-order valence-electron chi connectivity index (χ4n) is 2.82. The molecule has 6 heteroatoms. The first-order chi connectivity index (χ1) is 14.1. The van der Waals surface area contributed by atoms with E-state index in [1.165, 1.54) is 21.9 Å². The number of benzene rings is 3. The van der Waals surface area contributed by atoms with Crippen LogP contribution in [0.25, 0.3) is 10.2 Å². The standard InChI is InChI=1S/C23H18BrN3OS/c1-16-7-9-18(10-8-16)15-25-27(22(28)13-17-5-3-2-4-6-17)23-26-20-12-11-19(24)14-21(20)29-23/h2-12,14-15H,13H2,1H3/b25-15+. The molecular formula is C23H18BrN3OS. The van der Waals surface area contributed by atoms with Crippen molar-refractivity contribution < 1.29 is 4.79 Å². The molecule has 0 radical (unpaired) electrons. The van der Waals surface area contributed by atoms with Crippen LogP contribution in [-0.4, -0.2) is 17.1 Å². The molecule has 144 valence electrons. The second-order valence-electron chi connectivity index (χ2n) is 6.63. The molecule has 0 unspecified atom stereocenters. The first kappa shape index (κ1) is 19.5. The molecule has 1 amide bonds. The van der Waals surface area contributed by atoms with Gasteiger partial charge in [-0.15, -0.1) is 0 Å². The second-order valence-corrected chi connectivity index (χ2v) is 8.56. The Kier molecular flexibility index (Phi) is 5.83. The van der Waals surface area contributed by atoms with E-state index in [1.54, 1.807) is 6.21 Å². The Morgan fingerprint density at radius 3 is 2.62 bits per heavy atom. The van der Waals surface area contributed by atoms with Crippen LogP contribution in [-0.2, 0) is 11.2 Å². The molecule has 0 aliphatic carbocycles. The lowest BCUT2D eigenvalue weighted by Crippen LogP contribution is -2.27. The fraction of sp³-hybridized carbons (Fsp3) is 0.0870. The average Bonchev–Trinajstić information content (AvgIpc) is 3.13. The van der Waals surface area contributed by atoms with Crippen LogP contribution in [0.15, 0.2) is 82.4 Å². The molecule has 4 rings (SSSR count). The predicted octanol–water partition coefficient (Wildman–Crippen LogP) is 5.98. The minimum Gasteiger partial charge on any atom is -0.272 e. The fourth-order valence-corrected chi connectivity index (χ4v) is 4.31. The van der Waals surface area contributed by atoms with Crippen molar-refractivity contribution >= 4 is 54.7 Å². The Balaban J connectivity index is 1.68. The van der Waals surface area contributed by atoms with E-state index in [1.807, 2.05) is 79.7 Å². The molecule has 1 heterocycles. The topological polar surface area (TPSA) is 45.6 Å². The van der Waals surface area contributed by atoms with Crippen molar-refractivity contribution in [3.05, 3.63) is 94.0 Å². The molecule has 29 heavy (non-hydrogen) atoms. The highest BCUT2D eigenvalue weighted by Gasteiger charge is 2.19. The maximum Gasteiger partial charge on any atom is 0.253 e. The molecule has 0 atom stereocenters. The molecule has 0 spiro atoms. The molecule has 1 aromatic heterocycles. The molecule has 4 nitrogen and oxygen atoms in total. The molecule has 0 fully saturated rings. The molecule has 0 N–H and O–H groups in total. The summed E-state index contributed by atoms with van der Waals surface area (Å²) in [5.74, 6) is -0.127. The van der Waals surface area contributed by atoms with Crippen molar-refractivity contribution in [3.8, 4) is 0 Å². The van der Waals surface area contributed by atoms with Gasteiger partial charge >= 0.3 is 0 Å². The summed E-state index contributed by atoms with van der Waals surface area (Å²) in [6.07, 6.45) is 1.95. The smallest absolute Gasteiger partial charge is 0.253 e. The third-order valence-corrected chi connectivity index (χ3v) is 5.84. The maximum absolute atomic E-state index is 13.1. The summed E-state index contributed by atoms with van der Waals surface area (Å²) in [4.78, 5) is 17.7. The summed E-state index contributed by atoms with van der Waals surface area (Å²) in [7, 11) is 0. The number of hydrazone groups is 1. The van der Waals surface area contributed by atoms with E-state index in [2.05, 4.69) is 26.0 Å². The van der Waals surface area contributed by atoms with Gasteiger partial charge in [-0.25, -0.2) is 4.98 Å². The molecule has 0 saturated heterocycles. The van der Waals surface area contributed by atoms with Crippen LogP contribution in [0.4, 0.5) is 5.13 Å². The maximum atomic E-state index is 13.1. The molecule has 3 aromatic carbocycles. The van der Waals surface area contributed by atoms with E-state index in [0.717, 1.165) is 25.8 Å². The highest BCUT2D eigenvalue weighted by atomic mass is 79.9. The highest BCUT2D eigenvalue weighted by Crippen LogP contribution is 2.31. The Bertz CT molecular complexity index is 1170. The lowest BCUT2D eigenvalue weighted by molar-refractivity contribution is -0.118. The third-order valence-electron chi connectivity index (χ3n) is 4.35. The summed E-state index contributed by atoms with van der Waals surface area (Å²) < 4.78 is 1.97. The normalized spacial score (nSPS) is 11.2. The van der Waals surface area contributed by atoms with Crippen LogP contribution in [0.1, 0.15) is 16.7 Å². The first-order valence-electron chi connectivity index (χ1n) is 9.12. The number of aryl methyl sites for hydroxylation is 1. The Hall–Kier alpha value is -2.83. The number of hydrogen-bond donors (Lipinski definition) is 0. The van der Waals surface area contributed by atoms with Gasteiger partial charge in [-0.05, 0) is 36.2 Å². The van der Waals surface area contributed by atoms with Gasteiger partial charge in [-0.1, -0.05) is 87.4 Å². The van der Waals surface area contributed by atoms with E-state index in [9.17, 15) is 4.79 Å². The second kappa shape index (κ2) is 8.68. The average molecular weight is 464 g/mol. The van der Waals surface area contributed by atoms with Crippen LogP contribution in [0.2, 0.25) is 0 Å². The number of halogens is 1.